The molecule has 174 valence electrons. The minimum Gasteiger partial charge on any atom is -0.491 e. The van der Waals surface area contributed by atoms with E-state index in [0.717, 1.165) is 42.1 Å². The highest BCUT2D eigenvalue weighted by Crippen LogP contribution is 2.25. The number of Topliss-reactive ketones (excluding diaryl/α,β-unsaturated/α-hetero) is 1. The second kappa shape index (κ2) is 9.79. The SMILES string of the molecule is Cc1c(CN2CCC[C@H](C(=O)c3cccc(OC(C)C)c3)C2)c(=O)n(-c2ccccc2)n1C. The van der Waals surface area contributed by atoms with Crippen LogP contribution in [0.25, 0.3) is 5.69 Å². The van der Waals surface area contributed by atoms with Gasteiger partial charge in [-0.25, -0.2) is 4.68 Å². The van der Waals surface area contributed by atoms with Crippen LogP contribution < -0.4 is 10.3 Å². The summed E-state index contributed by atoms with van der Waals surface area (Å²) >= 11 is 0. The summed E-state index contributed by atoms with van der Waals surface area (Å²) in [6.07, 6.45) is 1.87. The number of hydrogen-bond donors (Lipinski definition) is 0. The van der Waals surface area contributed by atoms with E-state index in [4.69, 9.17) is 4.74 Å². The molecule has 6 nitrogen and oxygen atoms in total. The molecule has 2 aromatic carbocycles. The molecule has 1 aromatic heterocycles. The Morgan fingerprint density at radius 3 is 2.61 bits per heavy atom. The van der Waals surface area contributed by atoms with Gasteiger partial charge in [-0.15, -0.1) is 0 Å². The molecule has 0 spiro atoms. The molecule has 33 heavy (non-hydrogen) atoms. The Bertz CT molecular complexity index is 1180. The number of carbonyl (C=O) groups excluding carboxylic acids is 1. The van der Waals surface area contributed by atoms with Crippen molar-refractivity contribution in [1.82, 2.24) is 14.3 Å². The number of aromatic nitrogens is 2. The zero-order valence-electron chi connectivity index (χ0n) is 20.0. The lowest BCUT2D eigenvalue weighted by atomic mass is 9.89. The maximum absolute atomic E-state index is 13.3. The molecule has 1 atom stereocenters. The van der Waals surface area contributed by atoms with Crippen LogP contribution in [0, 0.1) is 12.8 Å². The predicted octanol–water partition coefficient (Wildman–Crippen LogP) is 4.37. The molecule has 1 aliphatic rings. The third kappa shape index (κ3) is 4.96. The lowest BCUT2D eigenvalue weighted by Gasteiger charge is -2.31. The smallest absolute Gasteiger partial charge is 0.276 e. The van der Waals surface area contributed by atoms with Crippen molar-refractivity contribution in [2.75, 3.05) is 13.1 Å². The van der Waals surface area contributed by atoms with Crippen LogP contribution in [0.1, 0.15) is 48.3 Å². The fourth-order valence-electron chi connectivity index (χ4n) is 4.67. The number of ether oxygens (including phenoxy) is 1. The Hall–Kier alpha value is -3.12. The zero-order valence-corrected chi connectivity index (χ0v) is 20.0. The van der Waals surface area contributed by atoms with Crippen LogP contribution in [0.5, 0.6) is 5.75 Å². The maximum Gasteiger partial charge on any atom is 0.276 e. The van der Waals surface area contributed by atoms with Gasteiger partial charge >= 0.3 is 0 Å². The molecule has 0 amide bonds. The molecule has 0 aliphatic carbocycles. The number of para-hydroxylation sites is 1. The molecule has 0 saturated carbocycles. The van der Waals surface area contributed by atoms with Gasteiger partial charge in [-0.2, -0.15) is 0 Å². The Balaban J connectivity index is 1.51. The summed E-state index contributed by atoms with van der Waals surface area (Å²) in [6, 6.07) is 17.2. The number of rotatable bonds is 7. The number of piperidine rings is 1. The lowest BCUT2D eigenvalue weighted by molar-refractivity contribution is 0.0810. The third-order valence-electron chi connectivity index (χ3n) is 6.42. The van der Waals surface area contributed by atoms with E-state index in [9.17, 15) is 9.59 Å². The first kappa shape index (κ1) is 23.1. The van der Waals surface area contributed by atoms with Crippen LogP contribution in [0.15, 0.2) is 59.4 Å². The van der Waals surface area contributed by atoms with Gasteiger partial charge in [0.05, 0.1) is 17.4 Å². The van der Waals surface area contributed by atoms with Gasteiger partial charge in [0.2, 0.25) is 0 Å². The molecule has 0 unspecified atom stereocenters. The molecular formula is C27H33N3O3. The van der Waals surface area contributed by atoms with Gasteiger partial charge in [0.1, 0.15) is 5.75 Å². The summed E-state index contributed by atoms with van der Waals surface area (Å²) in [5.74, 6) is 0.804. The fraction of sp³-hybridized carbons (Fsp3) is 0.407. The first-order valence-electron chi connectivity index (χ1n) is 11.7. The highest BCUT2D eigenvalue weighted by molar-refractivity contribution is 5.98. The van der Waals surface area contributed by atoms with E-state index in [-0.39, 0.29) is 23.4 Å². The number of carbonyl (C=O) groups is 1. The van der Waals surface area contributed by atoms with E-state index >= 15 is 0 Å². The normalized spacial score (nSPS) is 16.8. The molecule has 3 aromatic rings. The highest BCUT2D eigenvalue weighted by atomic mass is 16.5. The van der Waals surface area contributed by atoms with Gasteiger partial charge in [0.25, 0.3) is 5.56 Å². The van der Waals surface area contributed by atoms with Gasteiger partial charge in [-0.1, -0.05) is 30.3 Å². The van der Waals surface area contributed by atoms with Gasteiger partial charge in [-0.3, -0.25) is 19.2 Å². The average molecular weight is 448 g/mol. The van der Waals surface area contributed by atoms with Gasteiger partial charge in [-0.05, 0) is 64.4 Å². The monoisotopic (exact) mass is 447 g/mol. The van der Waals surface area contributed by atoms with Crippen molar-refractivity contribution in [3.05, 3.63) is 81.8 Å². The second-order valence-corrected chi connectivity index (χ2v) is 9.17. The number of benzene rings is 2. The van der Waals surface area contributed by atoms with E-state index in [1.165, 1.54) is 0 Å². The highest BCUT2D eigenvalue weighted by Gasteiger charge is 2.28. The molecule has 0 radical (unpaired) electrons. The lowest BCUT2D eigenvalue weighted by Crippen LogP contribution is -2.39. The molecule has 1 aliphatic heterocycles. The summed E-state index contributed by atoms with van der Waals surface area (Å²) in [5.41, 5.74) is 3.31. The minimum atomic E-state index is -0.0755. The van der Waals surface area contributed by atoms with Crippen molar-refractivity contribution in [3.8, 4) is 11.4 Å². The number of nitrogens with zero attached hydrogens (tertiary/aromatic N) is 3. The second-order valence-electron chi connectivity index (χ2n) is 9.17. The van der Waals surface area contributed by atoms with Crippen molar-refractivity contribution in [2.45, 2.75) is 46.3 Å². The average Bonchev–Trinajstić information content (AvgIpc) is 3.02. The zero-order chi connectivity index (χ0) is 23.5. The minimum absolute atomic E-state index is 0.00758. The Morgan fingerprint density at radius 1 is 1.12 bits per heavy atom. The van der Waals surface area contributed by atoms with Crippen LogP contribution in [0.3, 0.4) is 0 Å². The summed E-state index contributed by atoms with van der Waals surface area (Å²) < 4.78 is 9.40. The van der Waals surface area contributed by atoms with E-state index in [2.05, 4.69) is 4.90 Å². The van der Waals surface area contributed by atoms with Crippen LogP contribution in [0.4, 0.5) is 0 Å². The van der Waals surface area contributed by atoms with Gasteiger partial charge in [0, 0.05) is 37.3 Å². The van der Waals surface area contributed by atoms with E-state index in [0.29, 0.717) is 18.7 Å². The van der Waals surface area contributed by atoms with Crippen LogP contribution in [0.2, 0.25) is 0 Å². The molecule has 1 fully saturated rings. The maximum atomic E-state index is 13.3. The van der Waals surface area contributed by atoms with Crippen molar-refractivity contribution in [1.29, 1.82) is 0 Å². The quantitative estimate of drug-likeness (QED) is 0.505. The van der Waals surface area contributed by atoms with Crippen molar-refractivity contribution in [3.63, 3.8) is 0 Å². The van der Waals surface area contributed by atoms with E-state index < -0.39 is 0 Å². The number of likely N-dealkylation sites (tertiary alicyclic amines) is 1. The first-order chi connectivity index (χ1) is 15.8. The number of ketones is 1. The molecule has 1 saturated heterocycles. The van der Waals surface area contributed by atoms with Gasteiger partial charge < -0.3 is 4.74 Å². The van der Waals surface area contributed by atoms with Gasteiger partial charge in [0.15, 0.2) is 5.78 Å². The Labute approximate surface area is 195 Å². The summed E-state index contributed by atoms with van der Waals surface area (Å²) in [6.45, 7) is 8.05. The first-order valence-corrected chi connectivity index (χ1v) is 11.7. The fourth-order valence-corrected chi connectivity index (χ4v) is 4.67. The van der Waals surface area contributed by atoms with Crippen molar-refractivity contribution < 1.29 is 9.53 Å². The summed E-state index contributed by atoms with van der Waals surface area (Å²) in [5, 5.41) is 0. The molecule has 4 rings (SSSR count). The van der Waals surface area contributed by atoms with Crippen molar-refractivity contribution >= 4 is 5.78 Å². The topological polar surface area (TPSA) is 56.5 Å². The predicted molar refractivity (Wildman–Crippen MR) is 130 cm³/mol. The third-order valence-corrected chi connectivity index (χ3v) is 6.42. The molecule has 2 heterocycles. The molecule has 0 bridgehead atoms. The van der Waals surface area contributed by atoms with Crippen LogP contribution >= 0.6 is 0 Å². The largest absolute Gasteiger partial charge is 0.491 e. The molecule has 0 N–H and O–H groups in total. The summed E-state index contributed by atoms with van der Waals surface area (Å²) in [7, 11) is 1.92. The molecular weight excluding hydrogens is 414 g/mol. The standard InChI is InChI=1S/C27H33N3O3/c1-19(2)33-24-14-8-10-21(16-24)26(31)22-11-9-15-29(17-22)18-25-20(3)28(4)30(27(25)32)23-12-6-5-7-13-23/h5-8,10,12-14,16,19,22H,9,11,15,17-18H2,1-4H3/t22-/m0/s1. The Morgan fingerprint density at radius 2 is 1.88 bits per heavy atom. The van der Waals surface area contributed by atoms with Crippen LogP contribution in [-0.4, -0.2) is 39.2 Å². The Kier molecular flexibility index (Phi) is 6.84. The van der Waals surface area contributed by atoms with E-state index in [1.54, 1.807) is 4.68 Å². The van der Waals surface area contributed by atoms with Crippen molar-refractivity contribution in [2.24, 2.45) is 13.0 Å². The number of hydrogen-bond acceptors (Lipinski definition) is 4. The van der Waals surface area contributed by atoms with E-state index in [1.807, 2.05) is 87.1 Å². The molecule has 6 heteroatoms. The van der Waals surface area contributed by atoms with Crippen LogP contribution in [-0.2, 0) is 13.6 Å². The summed E-state index contributed by atoms with van der Waals surface area (Å²) in [4.78, 5) is 28.8.